The standard InChI is InChI=1S/4C3H4O2/c4*1-2-3(4)5/h4*2H,1H2,(H,4,5). The predicted octanol–water partition coefficient (Wildman–Crippen LogP) is 1.03. The van der Waals surface area contributed by atoms with Crippen LogP contribution in [0.4, 0.5) is 0 Å². The first-order valence-electron chi connectivity index (χ1n) is 4.50. The molecule has 0 fully saturated rings. The Balaban J connectivity index is -0.0000000853. The largest absolute Gasteiger partial charge is 0.478 e. The van der Waals surface area contributed by atoms with E-state index in [1.54, 1.807) is 0 Å². The Morgan fingerprint density at radius 1 is 0.500 bits per heavy atom. The third-order valence-corrected chi connectivity index (χ3v) is 0.698. The van der Waals surface area contributed by atoms with Crippen molar-refractivity contribution in [3.8, 4) is 0 Å². The zero-order valence-corrected chi connectivity index (χ0v) is 10.6. The van der Waals surface area contributed by atoms with Gasteiger partial charge in [-0.15, -0.1) is 0 Å². The summed E-state index contributed by atoms with van der Waals surface area (Å²) in [7, 11) is 0. The van der Waals surface area contributed by atoms with Gasteiger partial charge in [-0.1, -0.05) is 26.3 Å². The van der Waals surface area contributed by atoms with Gasteiger partial charge in [0, 0.05) is 24.3 Å². The molecule has 0 aromatic rings. The number of rotatable bonds is 4. The van der Waals surface area contributed by atoms with E-state index in [4.69, 9.17) is 20.4 Å². The second kappa shape index (κ2) is 21.2. The molecule has 0 bridgehead atoms. The summed E-state index contributed by atoms with van der Waals surface area (Å²) in [5.41, 5.74) is 0. The Morgan fingerprint density at radius 2 is 0.550 bits per heavy atom. The normalized spacial score (nSPS) is 6.40. The van der Waals surface area contributed by atoms with Crippen molar-refractivity contribution in [2.24, 2.45) is 0 Å². The monoisotopic (exact) mass is 288 g/mol. The molecule has 0 aliphatic carbocycles. The minimum Gasteiger partial charge on any atom is -0.478 e. The molecule has 0 heterocycles. The summed E-state index contributed by atoms with van der Waals surface area (Å²) in [5, 5.41) is 30.4. The van der Waals surface area contributed by atoms with E-state index < -0.39 is 23.9 Å². The average Bonchev–Trinajstić information content (AvgIpc) is 2.40. The lowest BCUT2D eigenvalue weighted by Gasteiger charge is -1.64. The summed E-state index contributed by atoms with van der Waals surface area (Å²) in [5.74, 6) is -3.93. The van der Waals surface area contributed by atoms with Gasteiger partial charge in [0.05, 0.1) is 0 Å². The zero-order valence-electron chi connectivity index (χ0n) is 10.6. The molecule has 0 aliphatic heterocycles. The molecular formula is C12H16O8. The summed E-state index contributed by atoms with van der Waals surface area (Å²) < 4.78 is 0. The van der Waals surface area contributed by atoms with E-state index in [-0.39, 0.29) is 0 Å². The van der Waals surface area contributed by atoms with Crippen molar-refractivity contribution in [1.82, 2.24) is 0 Å². The van der Waals surface area contributed by atoms with Crippen LogP contribution in [0.1, 0.15) is 0 Å². The maximum absolute atomic E-state index is 9.25. The molecule has 8 heteroatoms. The van der Waals surface area contributed by atoms with E-state index >= 15 is 0 Å². The van der Waals surface area contributed by atoms with Crippen LogP contribution in [0.5, 0.6) is 0 Å². The molecule has 0 amide bonds. The third kappa shape index (κ3) is 121. The summed E-state index contributed by atoms with van der Waals surface area (Å²) >= 11 is 0. The average molecular weight is 288 g/mol. The van der Waals surface area contributed by atoms with E-state index in [2.05, 4.69) is 26.3 Å². The molecule has 0 saturated heterocycles. The zero-order chi connectivity index (χ0) is 17.1. The fourth-order valence-electron chi connectivity index (χ4n) is 0. The molecule has 0 atom stereocenters. The van der Waals surface area contributed by atoms with E-state index in [0.717, 1.165) is 24.3 Å². The van der Waals surface area contributed by atoms with Gasteiger partial charge in [-0.25, -0.2) is 19.2 Å². The molecule has 4 N–H and O–H groups in total. The quantitative estimate of drug-likeness (QED) is 0.560. The van der Waals surface area contributed by atoms with Gasteiger partial charge in [-0.3, -0.25) is 0 Å². The van der Waals surface area contributed by atoms with Crippen molar-refractivity contribution < 1.29 is 39.6 Å². The molecule has 0 radical (unpaired) electrons. The van der Waals surface area contributed by atoms with E-state index in [0.29, 0.717) is 0 Å². The van der Waals surface area contributed by atoms with Crippen molar-refractivity contribution in [2.75, 3.05) is 0 Å². The minimum atomic E-state index is -0.981. The molecule has 0 spiro atoms. The van der Waals surface area contributed by atoms with Crippen LogP contribution in [0.25, 0.3) is 0 Å². The second-order valence-corrected chi connectivity index (χ2v) is 2.17. The van der Waals surface area contributed by atoms with E-state index in [1.165, 1.54) is 0 Å². The van der Waals surface area contributed by atoms with Gasteiger partial charge in [0.15, 0.2) is 0 Å². The summed E-state index contributed by atoms with van der Waals surface area (Å²) in [6.07, 6.45) is 3.33. The van der Waals surface area contributed by atoms with Crippen LogP contribution in [-0.2, 0) is 19.2 Å². The number of carboxylic acids is 4. The summed E-state index contributed by atoms with van der Waals surface area (Å²) in [6.45, 7) is 11.8. The topological polar surface area (TPSA) is 149 Å². The number of carboxylic acid groups (broad SMARTS) is 4. The molecule has 20 heavy (non-hydrogen) atoms. The SMILES string of the molecule is C=CC(=O)O.C=CC(=O)O.C=CC(=O)O.C=CC(=O)O. The lowest BCUT2D eigenvalue weighted by atomic mass is 10.7. The maximum Gasteiger partial charge on any atom is 0.327 e. The lowest BCUT2D eigenvalue weighted by Crippen LogP contribution is -1.82. The van der Waals surface area contributed by atoms with Gasteiger partial charge in [0.25, 0.3) is 0 Å². The van der Waals surface area contributed by atoms with Gasteiger partial charge >= 0.3 is 23.9 Å². The van der Waals surface area contributed by atoms with Crippen molar-refractivity contribution >= 4 is 23.9 Å². The highest BCUT2D eigenvalue weighted by Crippen LogP contribution is 1.56. The Kier molecular flexibility index (Phi) is 27.1. The fraction of sp³-hybridized carbons (Fsp3) is 0. The molecular weight excluding hydrogens is 272 g/mol. The molecule has 8 nitrogen and oxygen atoms in total. The van der Waals surface area contributed by atoms with Crippen LogP contribution in [-0.4, -0.2) is 44.3 Å². The molecule has 0 aliphatic rings. The van der Waals surface area contributed by atoms with E-state index in [9.17, 15) is 19.2 Å². The van der Waals surface area contributed by atoms with Gasteiger partial charge in [-0.05, 0) is 0 Å². The van der Waals surface area contributed by atoms with Crippen LogP contribution in [0.15, 0.2) is 50.6 Å². The summed E-state index contributed by atoms with van der Waals surface area (Å²) in [4.78, 5) is 37.0. The van der Waals surface area contributed by atoms with Crippen LogP contribution in [0.3, 0.4) is 0 Å². The van der Waals surface area contributed by atoms with Crippen molar-refractivity contribution in [1.29, 1.82) is 0 Å². The van der Waals surface area contributed by atoms with Crippen LogP contribution >= 0.6 is 0 Å². The Hall–Kier alpha value is -3.16. The highest BCUT2D eigenvalue weighted by Gasteiger charge is 1.74. The maximum atomic E-state index is 9.25. The molecule has 0 aromatic heterocycles. The molecule has 0 saturated carbocycles. The Morgan fingerprint density at radius 3 is 0.550 bits per heavy atom. The third-order valence-electron chi connectivity index (χ3n) is 0.698. The first kappa shape index (κ1) is 25.6. The number of carbonyl (C=O) groups is 4. The van der Waals surface area contributed by atoms with Gasteiger partial charge in [0.1, 0.15) is 0 Å². The van der Waals surface area contributed by atoms with Gasteiger partial charge in [0.2, 0.25) is 0 Å². The fourth-order valence-corrected chi connectivity index (χ4v) is 0. The summed E-state index contributed by atoms with van der Waals surface area (Å²) in [6, 6.07) is 0. The van der Waals surface area contributed by atoms with Crippen LogP contribution < -0.4 is 0 Å². The molecule has 0 unspecified atom stereocenters. The van der Waals surface area contributed by atoms with Crippen molar-refractivity contribution in [2.45, 2.75) is 0 Å². The van der Waals surface area contributed by atoms with Gasteiger partial charge in [-0.2, -0.15) is 0 Å². The minimum absolute atomic E-state index is 0.833. The highest BCUT2D eigenvalue weighted by molar-refractivity contribution is 5.79. The molecule has 112 valence electrons. The number of hydrogen-bond acceptors (Lipinski definition) is 4. The van der Waals surface area contributed by atoms with Crippen LogP contribution in [0, 0.1) is 0 Å². The first-order valence-corrected chi connectivity index (χ1v) is 4.50. The lowest BCUT2D eigenvalue weighted by molar-refractivity contribution is -0.132. The van der Waals surface area contributed by atoms with Crippen LogP contribution in [0.2, 0.25) is 0 Å². The number of aliphatic carboxylic acids is 4. The number of hydrogen-bond donors (Lipinski definition) is 4. The predicted molar refractivity (Wildman–Crippen MR) is 71.3 cm³/mol. The van der Waals surface area contributed by atoms with Crippen molar-refractivity contribution in [3.63, 3.8) is 0 Å². The highest BCUT2D eigenvalue weighted by atomic mass is 16.4. The second-order valence-electron chi connectivity index (χ2n) is 2.17. The van der Waals surface area contributed by atoms with Gasteiger partial charge < -0.3 is 20.4 Å². The molecule has 0 rings (SSSR count). The Bertz CT molecular complexity index is 296. The smallest absolute Gasteiger partial charge is 0.327 e. The Labute approximate surface area is 115 Å². The van der Waals surface area contributed by atoms with Crippen molar-refractivity contribution in [3.05, 3.63) is 50.6 Å². The van der Waals surface area contributed by atoms with E-state index in [1.807, 2.05) is 0 Å². The molecule has 0 aromatic carbocycles. The first-order chi connectivity index (χ1) is 9.08.